The maximum absolute atomic E-state index is 9.19. The maximum atomic E-state index is 9.19. The molecule has 12 heavy (non-hydrogen) atoms. The quantitative estimate of drug-likeness (QED) is 0.535. The molecule has 3 nitrogen and oxygen atoms in total. The molecule has 1 rings (SSSR count). The first kappa shape index (κ1) is 8.59. The lowest BCUT2D eigenvalue weighted by atomic mass is 10.1. The van der Waals surface area contributed by atoms with Gasteiger partial charge in [-0.25, -0.2) is 0 Å². The normalized spacial score (nSPS) is 10.5. The van der Waals surface area contributed by atoms with E-state index >= 15 is 0 Å². The molecule has 0 heterocycles. The Kier molecular flexibility index (Phi) is 2.69. The topological polar surface area (TPSA) is 41.8 Å². The summed E-state index contributed by atoms with van der Waals surface area (Å²) in [5, 5.41) is 12.8. The summed E-state index contributed by atoms with van der Waals surface area (Å²) in [7, 11) is 1.49. The standard InChI is InChI=1S/C9H11NO2/c1-7-5-8(6-10-12-2)3-4-9(7)11/h3-6,11H,1-2H3/b10-6+. The van der Waals surface area contributed by atoms with Crippen molar-refractivity contribution in [2.45, 2.75) is 6.92 Å². The third-order valence-electron chi connectivity index (χ3n) is 1.53. The van der Waals surface area contributed by atoms with Crippen LogP contribution in [0.1, 0.15) is 11.1 Å². The van der Waals surface area contributed by atoms with Gasteiger partial charge < -0.3 is 9.94 Å². The van der Waals surface area contributed by atoms with Gasteiger partial charge in [-0.05, 0) is 36.2 Å². The molecule has 0 aliphatic rings. The first-order valence-corrected chi connectivity index (χ1v) is 3.60. The number of hydrogen-bond donors (Lipinski definition) is 1. The van der Waals surface area contributed by atoms with Gasteiger partial charge in [0.05, 0.1) is 6.21 Å². The van der Waals surface area contributed by atoms with Gasteiger partial charge >= 0.3 is 0 Å². The van der Waals surface area contributed by atoms with Crippen LogP contribution < -0.4 is 0 Å². The van der Waals surface area contributed by atoms with E-state index < -0.39 is 0 Å². The summed E-state index contributed by atoms with van der Waals surface area (Å²) >= 11 is 0. The highest BCUT2D eigenvalue weighted by Crippen LogP contribution is 2.15. The number of phenols is 1. The number of nitrogens with zero attached hydrogens (tertiary/aromatic N) is 1. The van der Waals surface area contributed by atoms with E-state index in [1.807, 2.05) is 13.0 Å². The van der Waals surface area contributed by atoms with E-state index in [0.717, 1.165) is 11.1 Å². The third-order valence-corrected chi connectivity index (χ3v) is 1.53. The Morgan fingerprint density at radius 1 is 1.50 bits per heavy atom. The zero-order valence-corrected chi connectivity index (χ0v) is 7.11. The minimum atomic E-state index is 0.296. The van der Waals surface area contributed by atoms with Crippen molar-refractivity contribution in [1.29, 1.82) is 0 Å². The number of oxime groups is 1. The van der Waals surface area contributed by atoms with E-state index in [2.05, 4.69) is 9.99 Å². The number of hydrogen-bond acceptors (Lipinski definition) is 3. The molecule has 0 bridgehead atoms. The summed E-state index contributed by atoms with van der Waals surface area (Å²) in [6.45, 7) is 1.83. The zero-order valence-electron chi connectivity index (χ0n) is 7.11. The van der Waals surface area contributed by atoms with Gasteiger partial charge in [0.1, 0.15) is 12.9 Å². The van der Waals surface area contributed by atoms with Crippen LogP contribution in [0, 0.1) is 6.92 Å². The van der Waals surface area contributed by atoms with E-state index in [1.54, 1.807) is 18.3 Å². The lowest BCUT2D eigenvalue weighted by Gasteiger charge is -1.98. The molecule has 3 heteroatoms. The van der Waals surface area contributed by atoms with Crippen molar-refractivity contribution >= 4 is 6.21 Å². The van der Waals surface area contributed by atoms with Crippen molar-refractivity contribution in [3.63, 3.8) is 0 Å². The van der Waals surface area contributed by atoms with Crippen LogP contribution in [0.3, 0.4) is 0 Å². The molecule has 0 aromatic heterocycles. The van der Waals surface area contributed by atoms with Crippen molar-refractivity contribution < 1.29 is 9.94 Å². The summed E-state index contributed by atoms with van der Waals surface area (Å²) in [5.74, 6) is 0.296. The number of aromatic hydroxyl groups is 1. The lowest BCUT2D eigenvalue weighted by molar-refractivity contribution is 0.215. The second-order valence-corrected chi connectivity index (χ2v) is 2.46. The van der Waals surface area contributed by atoms with Crippen molar-refractivity contribution in [3.8, 4) is 5.75 Å². The highest BCUT2D eigenvalue weighted by atomic mass is 16.6. The minimum Gasteiger partial charge on any atom is -0.508 e. The number of rotatable bonds is 2. The monoisotopic (exact) mass is 165 g/mol. The van der Waals surface area contributed by atoms with Gasteiger partial charge in [0.15, 0.2) is 0 Å². The van der Waals surface area contributed by atoms with Gasteiger partial charge in [-0.1, -0.05) is 5.16 Å². The van der Waals surface area contributed by atoms with E-state index in [4.69, 9.17) is 0 Å². The Labute approximate surface area is 71.3 Å². The zero-order chi connectivity index (χ0) is 8.97. The van der Waals surface area contributed by atoms with Gasteiger partial charge in [0.25, 0.3) is 0 Å². The molecular weight excluding hydrogens is 154 g/mol. The average Bonchev–Trinajstić information content (AvgIpc) is 2.07. The van der Waals surface area contributed by atoms with Crippen molar-refractivity contribution in [1.82, 2.24) is 0 Å². The van der Waals surface area contributed by atoms with Crippen molar-refractivity contribution in [3.05, 3.63) is 29.3 Å². The molecule has 0 fully saturated rings. The summed E-state index contributed by atoms with van der Waals surface area (Å²) in [4.78, 5) is 4.52. The van der Waals surface area contributed by atoms with Crippen LogP contribution in [0.25, 0.3) is 0 Å². The van der Waals surface area contributed by atoms with Crippen LogP contribution in [0.15, 0.2) is 23.4 Å². The molecule has 64 valence electrons. The Balaban J connectivity index is 2.89. The van der Waals surface area contributed by atoms with E-state index in [-0.39, 0.29) is 0 Å². The van der Waals surface area contributed by atoms with Gasteiger partial charge in [-0.3, -0.25) is 0 Å². The van der Waals surface area contributed by atoms with Crippen LogP contribution >= 0.6 is 0 Å². The fourth-order valence-electron chi connectivity index (χ4n) is 0.873. The van der Waals surface area contributed by atoms with Gasteiger partial charge in [0, 0.05) is 0 Å². The second-order valence-electron chi connectivity index (χ2n) is 2.46. The Hall–Kier alpha value is -1.51. The van der Waals surface area contributed by atoms with E-state index in [0.29, 0.717) is 5.75 Å². The predicted octanol–water partition coefficient (Wildman–Crippen LogP) is 1.68. The summed E-state index contributed by atoms with van der Waals surface area (Å²) in [6, 6.07) is 5.23. The van der Waals surface area contributed by atoms with E-state index in [9.17, 15) is 5.11 Å². The van der Waals surface area contributed by atoms with Crippen LogP contribution in [0.4, 0.5) is 0 Å². The second kappa shape index (κ2) is 3.76. The summed E-state index contributed by atoms with van der Waals surface area (Å²) in [6.07, 6.45) is 1.59. The molecular formula is C9H11NO2. The number of aryl methyl sites for hydroxylation is 1. The first-order valence-electron chi connectivity index (χ1n) is 3.60. The highest BCUT2D eigenvalue weighted by molar-refractivity contribution is 5.79. The predicted molar refractivity (Wildman–Crippen MR) is 47.4 cm³/mol. The van der Waals surface area contributed by atoms with Crippen LogP contribution in [0.5, 0.6) is 5.75 Å². The smallest absolute Gasteiger partial charge is 0.118 e. The van der Waals surface area contributed by atoms with Crippen LogP contribution in [-0.2, 0) is 4.84 Å². The molecule has 0 aliphatic carbocycles. The largest absolute Gasteiger partial charge is 0.508 e. The highest BCUT2D eigenvalue weighted by Gasteiger charge is 1.94. The molecule has 0 spiro atoms. The Bertz CT molecular complexity index is 295. The number of phenolic OH excluding ortho intramolecular Hbond substituents is 1. The summed E-state index contributed by atoms with van der Waals surface area (Å²) < 4.78 is 0. The fraction of sp³-hybridized carbons (Fsp3) is 0.222. The molecule has 1 aromatic rings. The number of benzene rings is 1. The SMILES string of the molecule is CO/N=C/c1ccc(O)c(C)c1. The summed E-state index contributed by atoms with van der Waals surface area (Å²) in [5.41, 5.74) is 1.74. The molecule has 0 amide bonds. The van der Waals surface area contributed by atoms with Gasteiger partial charge in [0.2, 0.25) is 0 Å². The minimum absolute atomic E-state index is 0.296. The molecule has 0 atom stereocenters. The molecule has 0 saturated heterocycles. The molecule has 0 radical (unpaired) electrons. The molecule has 0 saturated carbocycles. The third kappa shape index (κ3) is 1.99. The molecule has 1 aromatic carbocycles. The lowest BCUT2D eigenvalue weighted by Crippen LogP contribution is -1.83. The molecule has 0 aliphatic heterocycles. The van der Waals surface area contributed by atoms with Crippen molar-refractivity contribution in [2.75, 3.05) is 7.11 Å². The van der Waals surface area contributed by atoms with E-state index in [1.165, 1.54) is 7.11 Å². The Morgan fingerprint density at radius 3 is 2.83 bits per heavy atom. The van der Waals surface area contributed by atoms with Crippen LogP contribution in [-0.4, -0.2) is 18.4 Å². The van der Waals surface area contributed by atoms with Crippen LogP contribution in [0.2, 0.25) is 0 Å². The fourth-order valence-corrected chi connectivity index (χ4v) is 0.873. The first-order chi connectivity index (χ1) is 5.74. The van der Waals surface area contributed by atoms with Crippen molar-refractivity contribution in [2.24, 2.45) is 5.16 Å². The van der Waals surface area contributed by atoms with Gasteiger partial charge in [-0.2, -0.15) is 0 Å². The Morgan fingerprint density at radius 2 is 2.25 bits per heavy atom. The van der Waals surface area contributed by atoms with Gasteiger partial charge in [-0.15, -0.1) is 0 Å². The molecule has 0 unspecified atom stereocenters. The molecule has 1 N–H and O–H groups in total. The average molecular weight is 165 g/mol. The maximum Gasteiger partial charge on any atom is 0.118 e.